The molecule has 2 rings (SSSR count). The Balaban J connectivity index is 0.000000506. The second kappa shape index (κ2) is 26.1. The number of benzene rings is 2. The molecular weight excluding hydrogens is 584 g/mol. The topological polar surface area (TPSA) is 105 Å². The summed E-state index contributed by atoms with van der Waals surface area (Å²) in [7, 11) is 0. The maximum absolute atomic E-state index is 12.4. The third kappa shape index (κ3) is 16.8. The zero-order chi connectivity index (χ0) is 33.8. The molecule has 0 radical (unpaired) electrons. The molecule has 0 fully saturated rings. The molecule has 2 aromatic carbocycles. The van der Waals surface area contributed by atoms with E-state index in [1.54, 1.807) is 36.4 Å². The number of hydrogen-bond donors (Lipinski definition) is 0. The van der Waals surface area contributed by atoms with Crippen LogP contribution in [0, 0.1) is 0 Å². The first-order valence-corrected chi connectivity index (χ1v) is 16.5. The molecule has 0 saturated heterocycles. The highest BCUT2D eigenvalue weighted by Crippen LogP contribution is 2.15. The van der Waals surface area contributed by atoms with Crippen LogP contribution in [0.2, 0.25) is 0 Å². The Hall–Kier alpha value is -4.20. The molecule has 0 amide bonds. The van der Waals surface area contributed by atoms with Crippen LogP contribution in [0.4, 0.5) is 0 Å². The molecule has 8 nitrogen and oxygen atoms in total. The number of rotatable bonds is 22. The van der Waals surface area contributed by atoms with Gasteiger partial charge in [0, 0.05) is 0 Å². The van der Waals surface area contributed by atoms with Gasteiger partial charge in [0.15, 0.2) is 0 Å². The monoisotopic (exact) mass is 636 g/mol. The largest absolute Gasteiger partial charge is 0.462 e. The van der Waals surface area contributed by atoms with E-state index >= 15 is 0 Å². The van der Waals surface area contributed by atoms with Crippen molar-refractivity contribution >= 4 is 23.9 Å². The lowest BCUT2D eigenvalue weighted by Gasteiger charge is -2.10. The van der Waals surface area contributed by atoms with Crippen LogP contribution in [0.5, 0.6) is 0 Å². The van der Waals surface area contributed by atoms with Crippen LogP contribution in [0.1, 0.15) is 132 Å². The minimum atomic E-state index is -0.582. The van der Waals surface area contributed by atoms with Crippen LogP contribution < -0.4 is 0 Å². The lowest BCUT2D eigenvalue weighted by molar-refractivity contribution is 0.0450. The van der Waals surface area contributed by atoms with Gasteiger partial charge in [0.2, 0.25) is 0 Å². The van der Waals surface area contributed by atoms with Gasteiger partial charge in [-0.05, 0) is 37.1 Å². The molecule has 0 aliphatic carbocycles. The fourth-order valence-corrected chi connectivity index (χ4v) is 4.35. The molecule has 0 aliphatic rings. The van der Waals surface area contributed by atoms with Crippen molar-refractivity contribution < 1.29 is 38.1 Å². The van der Waals surface area contributed by atoms with Crippen molar-refractivity contribution in [2.24, 2.45) is 0 Å². The van der Waals surface area contributed by atoms with Crippen LogP contribution in [-0.4, -0.2) is 50.3 Å². The van der Waals surface area contributed by atoms with E-state index in [4.69, 9.17) is 18.9 Å². The lowest BCUT2D eigenvalue weighted by Crippen LogP contribution is -2.15. The summed E-state index contributed by atoms with van der Waals surface area (Å²) in [4.78, 5) is 48.1. The van der Waals surface area contributed by atoms with E-state index in [0.717, 1.165) is 25.7 Å². The maximum Gasteiger partial charge on any atom is 0.339 e. The van der Waals surface area contributed by atoms with Crippen molar-refractivity contribution in [3.05, 3.63) is 96.1 Å². The minimum absolute atomic E-state index is 0.0921. The van der Waals surface area contributed by atoms with Gasteiger partial charge in [0.25, 0.3) is 0 Å². The molecule has 0 bridgehead atoms. The first-order chi connectivity index (χ1) is 22.4. The predicted molar refractivity (Wildman–Crippen MR) is 181 cm³/mol. The van der Waals surface area contributed by atoms with Crippen LogP contribution in [-0.2, 0) is 18.9 Å². The van der Waals surface area contributed by atoms with E-state index in [0.29, 0.717) is 24.3 Å². The highest BCUT2D eigenvalue weighted by atomic mass is 16.5. The molecule has 0 saturated carbocycles. The van der Waals surface area contributed by atoms with Crippen molar-refractivity contribution in [1.29, 1.82) is 0 Å². The summed E-state index contributed by atoms with van der Waals surface area (Å²) in [6, 6.07) is 13.1. The predicted octanol–water partition coefficient (Wildman–Crippen LogP) is 9.09. The van der Waals surface area contributed by atoms with Crippen LogP contribution in [0.25, 0.3) is 0 Å². The van der Waals surface area contributed by atoms with E-state index in [2.05, 4.69) is 27.0 Å². The summed E-state index contributed by atoms with van der Waals surface area (Å²) in [6.07, 6.45) is 16.5. The molecule has 0 N–H and O–H groups in total. The summed E-state index contributed by atoms with van der Waals surface area (Å²) in [6.45, 7) is 12.2. The van der Waals surface area contributed by atoms with Gasteiger partial charge in [-0.1, -0.05) is 128 Å². The summed E-state index contributed by atoms with van der Waals surface area (Å²) in [5.41, 5.74) is 0.935. The second-order valence-electron chi connectivity index (χ2n) is 10.7. The van der Waals surface area contributed by atoms with Gasteiger partial charge in [0.1, 0.15) is 13.2 Å². The number of ether oxygens (including phenoxy) is 4. The van der Waals surface area contributed by atoms with Gasteiger partial charge < -0.3 is 18.9 Å². The fraction of sp³-hybridized carbons (Fsp3) is 0.474. The number of carbonyl (C=O) groups is 4. The van der Waals surface area contributed by atoms with Gasteiger partial charge in [0.05, 0.1) is 35.5 Å². The molecule has 0 spiro atoms. The Morgan fingerprint density at radius 1 is 0.478 bits per heavy atom. The van der Waals surface area contributed by atoms with Gasteiger partial charge >= 0.3 is 23.9 Å². The number of carbonyl (C=O) groups excluding carboxylic acids is 4. The highest BCUT2D eigenvalue weighted by Gasteiger charge is 2.19. The lowest BCUT2D eigenvalue weighted by atomic mass is 10.1. The van der Waals surface area contributed by atoms with E-state index in [1.807, 2.05) is 0 Å². The molecule has 2 aromatic rings. The second-order valence-corrected chi connectivity index (χ2v) is 10.7. The molecule has 46 heavy (non-hydrogen) atoms. The average Bonchev–Trinajstić information content (AvgIpc) is 3.08. The summed E-state index contributed by atoms with van der Waals surface area (Å²) < 4.78 is 20.5. The van der Waals surface area contributed by atoms with Crippen LogP contribution in [0.3, 0.4) is 0 Å². The molecule has 0 unspecified atom stereocenters. The molecule has 252 valence electrons. The molecule has 8 heteroatoms. The number of esters is 4. The molecule has 0 atom stereocenters. The Morgan fingerprint density at radius 3 is 1.07 bits per heavy atom. The quantitative estimate of drug-likeness (QED) is 0.0545. The average molecular weight is 637 g/mol. The first kappa shape index (κ1) is 39.8. The van der Waals surface area contributed by atoms with E-state index < -0.39 is 23.9 Å². The van der Waals surface area contributed by atoms with E-state index in [9.17, 15) is 19.2 Å². The normalized spacial score (nSPS) is 10.1. The Bertz CT molecular complexity index is 1110. The standard InChI is InChI=1S/C24H38O4.C14H14O4/c1-3-5-7-9-11-15-19-27-23(25)21-17-13-14-18-22(21)24(26)28-20-16-12-10-8-6-4-2;1-3-9-17-13(15)11-7-5-6-8-12(11)14(16)18-10-4-2/h13-14,17-18H,3-12,15-16,19-20H2,1-2H3;3-8H,1-2,9-10H2. The molecule has 0 aliphatic heterocycles. The van der Waals surface area contributed by atoms with Crippen molar-refractivity contribution in [1.82, 2.24) is 0 Å². The molecule has 0 aromatic heterocycles. The van der Waals surface area contributed by atoms with Gasteiger partial charge in [-0.3, -0.25) is 0 Å². The summed E-state index contributed by atoms with van der Waals surface area (Å²) in [5, 5.41) is 0. The Kier molecular flexibility index (Phi) is 22.6. The van der Waals surface area contributed by atoms with Crippen molar-refractivity contribution in [2.45, 2.75) is 90.9 Å². The summed E-state index contributed by atoms with van der Waals surface area (Å²) in [5.74, 6) is -2.05. The number of hydrogen-bond acceptors (Lipinski definition) is 8. The highest BCUT2D eigenvalue weighted by molar-refractivity contribution is 6.03. The Morgan fingerprint density at radius 2 is 0.761 bits per heavy atom. The smallest absolute Gasteiger partial charge is 0.339 e. The zero-order valence-electron chi connectivity index (χ0n) is 27.8. The van der Waals surface area contributed by atoms with Crippen molar-refractivity contribution in [3.63, 3.8) is 0 Å². The number of unbranched alkanes of at least 4 members (excludes halogenated alkanes) is 10. The van der Waals surface area contributed by atoms with Crippen LogP contribution >= 0.6 is 0 Å². The first-order valence-electron chi connectivity index (χ1n) is 16.5. The minimum Gasteiger partial charge on any atom is -0.462 e. The fourth-order valence-electron chi connectivity index (χ4n) is 4.35. The van der Waals surface area contributed by atoms with Gasteiger partial charge in [-0.25, -0.2) is 19.2 Å². The van der Waals surface area contributed by atoms with Crippen LogP contribution in [0.15, 0.2) is 73.8 Å². The molecular formula is C38H52O8. The van der Waals surface area contributed by atoms with Crippen molar-refractivity contribution in [2.75, 3.05) is 26.4 Å². The zero-order valence-corrected chi connectivity index (χ0v) is 27.8. The van der Waals surface area contributed by atoms with E-state index in [-0.39, 0.29) is 24.3 Å². The third-order valence-corrected chi connectivity index (χ3v) is 6.86. The Labute approximate surface area is 275 Å². The van der Waals surface area contributed by atoms with Gasteiger partial charge in [-0.15, -0.1) is 0 Å². The van der Waals surface area contributed by atoms with Gasteiger partial charge in [-0.2, -0.15) is 0 Å². The summed E-state index contributed by atoms with van der Waals surface area (Å²) >= 11 is 0. The van der Waals surface area contributed by atoms with Crippen molar-refractivity contribution in [3.8, 4) is 0 Å². The SMILES string of the molecule is C=CCOC(=O)c1ccccc1C(=O)OCC=C.CCCCCCCCOC(=O)c1ccccc1C(=O)OCCCCCCCC. The maximum atomic E-state index is 12.4. The third-order valence-electron chi connectivity index (χ3n) is 6.86. The molecule has 0 heterocycles. The van der Waals surface area contributed by atoms with E-state index in [1.165, 1.54) is 75.7 Å².